The Balaban J connectivity index is 1.90. The van der Waals surface area contributed by atoms with Crippen molar-refractivity contribution in [1.29, 1.82) is 0 Å². The van der Waals surface area contributed by atoms with E-state index in [1.54, 1.807) is 64.9 Å². The van der Waals surface area contributed by atoms with Crippen molar-refractivity contribution >= 4 is 18.2 Å². The summed E-state index contributed by atoms with van der Waals surface area (Å²) >= 11 is 0. The van der Waals surface area contributed by atoms with Gasteiger partial charge in [-0.05, 0) is 66.0 Å². The van der Waals surface area contributed by atoms with Gasteiger partial charge in [0.15, 0.2) is 18.7 Å². The summed E-state index contributed by atoms with van der Waals surface area (Å²) < 4.78 is 42.4. The third-order valence-corrected chi connectivity index (χ3v) is 10.6. The van der Waals surface area contributed by atoms with Gasteiger partial charge in [0.1, 0.15) is 36.3 Å². The van der Waals surface area contributed by atoms with Crippen LogP contribution in [0.5, 0.6) is 0 Å². The molecule has 3 aliphatic rings. The van der Waals surface area contributed by atoms with Crippen molar-refractivity contribution in [3.8, 4) is 0 Å². The summed E-state index contributed by atoms with van der Waals surface area (Å²) in [4.78, 5) is 39.3. The van der Waals surface area contributed by atoms with Gasteiger partial charge >= 0.3 is 11.9 Å². The molecule has 2 saturated heterocycles. The van der Waals surface area contributed by atoms with Crippen molar-refractivity contribution in [1.82, 2.24) is 4.90 Å². The molecule has 0 aromatic rings. The van der Waals surface area contributed by atoms with E-state index in [1.165, 1.54) is 7.11 Å². The van der Waals surface area contributed by atoms with E-state index < -0.39 is 110 Å². The molecule has 15 nitrogen and oxygen atoms in total. The number of cyclic esters (lactones) is 1. The number of allylic oxidation sites excluding steroid dienone is 2. The molecular formula is C40H67NO14. The van der Waals surface area contributed by atoms with Crippen molar-refractivity contribution in [2.45, 2.75) is 172 Å². The van der Waals surface area contributed by atoms with Gasteiger partial charge in [0.05, 0.1) is 43.0 Å². The Hall–Kier alpha value is -2.31. The van der Waals surface area contributed by atoms with Crippen LogP contribution in [0.3, 0.4) is 0 Å². The molecular weight excluding hydrogens is 718 g/mol. The summed E-state index contributed by atoms with van der Waals surface area (Å²) in [6.45, 7) is 12.4. The van der Waals surface area contributed by atoms with Crippen molar-refractivity contribution < 1.29 is 68.0 Å². The second kappa shape index (κ2) is 21.4. The quantitative estimate of drug-likeness (QED) is 0.176. The van der Waals surface area contributed by atoms with Crippen LogP contribution in [-0.4, -0.2) is 150 Å². The number of carbonyl (C=O) groups excluding carboxylic acids is 3. The second-order valence-electron chi connectivity index (χ2n) is 16.4. The Labute approximate surface area is 326 Å². The van der Waals surface area contributed by atoms with Crippen molar-refractivity contribution in [3.05, 3.63) is 24.3 Å². The second-order valence-corrected chi connectivity index (χ2v) is 16.4. The van der Waals surface area contributed by atoms with Crippen LogP contribution in [0.4, 0.5) is 0 Å². The summed E-state index contributed by atoms with van der Waals surface area (Å²) in [5, 5.41) is 45.8. The number of hydrogen-bond acceptors (Lipinski definition) is 15. The smallest absolute Gasteiger partial charge is 0.308 e. The Morgan fingerprint density at radius 2 is 1.73 bits per heavy atom. The van der Waals surface area contributed by atoms with Crippen LogP contribution in [-0.2, 0) is 47.5 Å². The number of rotatable bonds is 11. The number of aldehydes is 1. The van der Waals surface area contributed by atoms with Crippen LogP contribution in [0.25, 0.3) is 0 Å². The number of aliphatic hydroxyl groups is 4. The standard InChI is InChI=1S/C40H67NO14/c1-22(2)18-30(45)53-38-26(6)51-32(21-40(38,7)48)54-35-25(5)52-39(34(47)33(35)41(8)9)55-36-27(16-17-42)19-23(3)28(43)15-13-11-12-14-24(4)50-31(46)20-29(44)37(36)49-10/h11-13,15,17,22-29,32-39,43-44,47-48H,14,16,18-21H2,1-10H3/b12-11-,15-13+/t23-,24-,25-,26+,27+,28+,29-,32+,33-,34-,35-,36+,37-,38+,39+,40-/m1/s1. The molecule has 15 heteroatoms. The summed E-state index contributed by atoms with van der Waals surface area (Å²) in [7, 11) is 4.86. The molecule has 3 aliphatic heterocycles. The minimum Gasteiger partial charge on any atom is -0.462 e. The van der Waals surface area contributed by atoms with Gasteiger partial charge in [-0.1, -0.05) is 45.1 Å². The molecule has 0 spiro atoms. The van der Waals surface area contributed by atoms with E-state index in [0.717, 1.165) is 6.29 Å². The molecule has 0 aromatic carbocycles. The first-order valence-electron chi connectivity index (χ1n) is 19.5. The molecule has 0 unspecified atom stereocenters. The lowest BCUT2D eigenvalue weighted by Crippen LogP contribution is -2.66. The molecule has 0 radical (unpaired) electrons. The predicted molar refractivity (Wildman–Crippen MR) is 200 cm³/mol. The van der Waals surface area contributed by atoms with Crippen molar-refractivity contribution in [3.63, 3.8) is 0 Å². The van der Waals surface area contributed by atoms with Crippen LogP contribution >= 0.6 is 0 Å². The highest BCUT2D eigenvalue weighted by molar-refractivity contribution is 5.70. The topological polar surface area (TPSA) is 200 Å². The van der Waals surface area contributed by atoms with E-state index in [1.807, 2.05) is 26.8 Å². The molecule has 0 aromatic heterocycles. The first-order valence-corrected chi connectivity index (χ1v) is 19.5. The zero-order valence-electron chi connectivity index (χ0n) is 34.2. The van der Waals surface area contributed by atoms with Gasteiger partial charge in [0.2, 0.25) is 0 Å². The van der Waals surface area contributed by atoms with E-state index in [2.05, 4.69) is 0 Å². The minimum absolute atomic E-state index is 0.0318. The monoisotopic (exact) mass is 785 g/mol. The maximum Gasteiger partial charge on any atom is 0.308 e. The highest BCUT2D eigenvalue weighted by Gasteiger charge is 2.52. The summed E-state index contributed by atoms with van der Waals surface area (Å²) in [6, 6.07) is -0.753. The fourth-order valence-electron chi connectivity index (χ4n) is 7.78. The molecule has 0 amide bonds. The lowest BCUT2D eigenvalue weighted by Gasteiger charge is -2.50. The maximum atomic E-state index is 12.9. The SMILES string of the molecule is CO[C@H]1[C@@H](O[C@@H]2O[C@H](C)[C@@H](O[C@H]3C[C@@](C)(O)[C@@H](OC(=O)CC(C)C)[C@H](C)O3)[C@H](N(C)C)[C@H]2O)[C@@H](CC=O)C[C@@H](C)[C@@H](O)/C=C/C=C\C[C@@H](C)OC(=O)C[C@H]1O. The number of ether oxygens (including phenoxy) is 7. The number of methoxy groups -OCH3 is 1. The molecule has 0 bridgehead atoms. The zero-order valence-corrected chi connectivity index (χ0v) is 34.2. The molecule has 4 N–H and O–H groups in total. The number of hydrogen-bond donors (Lipinski definition) is 4. The van der Waals surface area contributed by atoms with Gasteiger partial charge in [-0.3, -0.25) is 9.59 Å². The van der Waals surface area contributed by atoms with Crippen LogP contribution in [0.1, 0.15) is 87.0 Å². The summed E-state index contributed by atoms with van der Waals surface area (Å²) in [6.07, 6.45) is -3.92. The molecule has 55 heavy (non-hydrogen) atoms. The zero-order chi connectivity index (χ0) is 41.2. The van der Waals surface area contributed by atoms with E-state index in [9.17, 15) is 34.8 Å². The number of likely N-dealkylation sites (N-methyl/N-ethyl adjacent to an activating group) is 1. The number of carbonyl (C=O) groups is 3. The largest absolute Gasteiger partial charge is 0.462 e. The molecule has 316 valence electrons. The average molecular weight is 786 g/mol. The van der Waals surface area contributed by atoms with Gasteiger partial charge in [-0.15, -0.1) is 0 Å². The third kappa shape index (κ3) is 13.4. The van der Waals surface area contributed by atoms with Crippen LogP contribution in [0, 0.1) is 17.8 Å². The molecule has 0 aliphatic carbocycles. The number of nitrogens with zero attached hydrogens (tertiary/aromatic N) is 1. The van der Waals surface area contributed by atoms with Crippen molar-refractivity contribution in [2.75, 3.05) is 21.2 Å². The number of esters is 2. The Morgan fingerprint density at radius 1 is 1.04 bits per heavy atom. The van der Waals surface area contributed by atoms with Gasteiger partial charge in [-0.25, -0.2) is 0 Å². The van der Waals surface area contributed by atoms with Gasteiger partial charge in [-0.2, -0.15) is 0 Å². The predicted octanol–water partition coefficient (Wildman–Crippen LogP) is 2.44. The molecule has 0 saturated carbocycles. The molecule has 16 atom stereocenters. The Bertz CT molecular complexity index is 1270. The van der Waals surface area contributed by atoms with Crippen LogP contribution in [0.15, 0.2) is 24.3 Å². The lowest BCUT2D eigenvalue weighted by atomic mass is 9.82. The van der Waals surface area contributed by atoms with Crippen LogP contribution < -0.4 is 0 Å². The summed E-state index contributed by atoms with van der Waals surface area (Å²) in [5.41, 5.74) is -1.49. The fraction of sp³-hybridized carbons (Fsp3) is 0.825. The van der Waals surface area contributed by atoms with E-state index in [-0.39, 0.29) is 37.5 Å². The highest BCUT2D eigenvalue weighted by atomic mass is 16.7. The molecule has 2 fully saturated rings. The highest BCUT2D eigenvalue weighted by Crippen LogP contribution is 2.37. The Kier molecular flexibility index (Phi) is 18.4. The Morgan fingerprint density at radius 3 is 2.33 bits per heavy atom. The van der Waals surface area contributed by atoms with E-state index >= 15 is 0 Å². The normalized spacial score (nSPS) is 42.4. The number of aliphatic hydroxyl groups excluding tert-OH is 3. The molecule has 3 rings (SSSR count). The third-order valence-electron chi connectivity index (χ3n) is 10.6. The van der Waals surface area contributed by atoms with Gasteiger partial charge < -0.3 is 63.3 Å². The first kappa shape index (κ1) is 47.1. The van der Waals surface area contributed by atoms with Gasteiger partial charge in [0, 0.05) is 32.8 Å². The van der Waals surface area contributed by atoms with Crippen molar-refractivity contribution in [2.24, 2.45) is 17.8 Å². The van der Waals surface area contributed by atoms with Gasteiger partial charge in [0.25, 0.3) is 0 Å². The lowest BCUT2D eigenvalue weighted by molar-refractivity contribution is -0.344. The average Bonchev–Trinajstić information content (AvgIpc) is 3.06. The van der Waals surface area contributed by atoms with E-state index in [0.29, 0.717) is 6.42 Å². The van der Waals surface area contributed by atoms with Crippen LogP contribution in [0.2, 0.25) is 0 Å². The fourth-order valence-corrected chi connectivity index (χ4v) is 7.78. The first-order chi connectivity index (χ1) is 25.8. The summed E-state index contributed by atoms with van der Waals surface area (Å²) in [5.74, 6) is -2.03. The molecule has 3 heterocycles. The minimum atomic E-state index is -1.49. The van der Waals surface area contributed by atoms with E-state index in [4.69, 9.17) is 33.2 Å². The maximum absolute atomic E-state index is 12.9.